The molecule has 5 nitrogen and oxygen atoms in total. The van der Waals surface area contributed by atoms with Crippen molar-refractivity contribution in [2.24, 2.45) is 5.92 Å². The lowest BCUT2D eigenvalue weighted by molar-refractivity contribution is -0.141. The molecule has 2 rings (SSSR count). The summed E-state index contributed by atoms with van der Waals surface area (Å²) < 4.78 is 10.7. The summed E-state index contributed by atoms with van der Waals surface area (Å²) in [4.78, 5) is 13.0. The number of carboxylic acid groups (broad SMARTS) is 1. The number of rotatable bonds is 7. The van der Waals surface area contributed by atoms with Crippen molar-refractivity contribution in [1.29, 1.82) is 0 Å². The first kappa shape index (κ1) is 14.7. The number of methoxy groups -OCH3 is 1. The van der Waals surface area contributed by atoms with Crippen LogP contribution in [0.2, 0.25) is 0 Å². The van der Waals surface area contributed by atoms with Crippen LogP contribution in [-0.4, -0.2) is 49.3 Å². The van der Waals surface area contributed by atoms with Crippen LogP contribution in [0.5, 0.6) is 11.5 Å². The third-order valence-corrected chi connectivity index (χ3v) is 3.57. The van der Waals surface area contributed by atoms with Gasteiger partial charge in [0.25, 0.3) is 0 Å². The lowest BCUT2D eigenvalue weighted by Gasteiger charge is -2.15. The normalized spacial score (nSPS) is 18.9. The van der Waals surface area contributed by atoms with E-state index >= 15 is 0 Å². The number of aliphatic carboxylic acids is 1. The Bertz CT molecular complexity index is 432. The molecule has 5 heteroatoms. The second kappa shape index (κ2) is 7.14. The topological polar surface area (TPSA) is 59.0 Å². The molecule has 1 aliphatic heterocycles. The van der Waals surface area contributed by atoms with Gasteiger partial charge in [0.05, 0.1) is 19.6 Å². The molecule has 1 heterocycles. The quantitative estimate of drug-likeness (QED) is 0.772. The van der Waals surface area contributed by atoms with Gasteiger partial charge in [-0.1, -0.05) is 0 Å². The fourth-order valence-corrected chi connectivity index (χ4v) is 2.39. The second-order valence-electron chi connectivity index (χ2n) is 5.00. The molecule has 0 aliphatic carbocycles. The first-order valence-electron chi connectivity index (χ1n) is 6.91. The van der Waals surface area contributed by atoms with Crippen LogP contribution in [0.3, 0.4) is 0 Å². The minimum atomic E-state index is -0.679. The lowest BCUT2D eigenvalue weighted by atomic mass is 10.1. The van der Waals surface area contributed by atoms with E-state index < -0.39 is 5.97 Å². The molecular weight excluding hydrogens is 258 g/mol. The third-order valence-electron chi connectivity index (χ3n) is 3.57. The van der Waals surface area contributed by atoms with Gasteiger partial charge in [-0.2, -0.15) is 0 Å². The van der Waals surface area contributed by atoms with Crippen molar-refractivity contribution in [2.75, 3.05) is 33.4 Å². The number of ether oxygens (including phenoxy) is 2. The van der Waals surface area contributed by atoms with Crippen LogP contribution in [0, 0.1) is 5.92 Å². The number of hydrogen-bond donors (Lipinski definition) is 1. The number of likely N-dealkylation sites (tertiary alicyclic amines) is 1. The average Bonchev–Trinajstić information content (AvgIpc) is 2.93. The Kier molecular flexibility index (Phi) is 5.24. The highest BCUT2D eigenvalue weighted by Crippen LogP contribution is 2.18. The van der Waals surface area contributed by atoms with E-state index in [9.17, 15) is 4.79 Å². The molecule has 1 N–H and O–H groups in total. The van der Waals surface area contributed by atoms with Crippen molar-refractivity contribution in [3.8, 4) is 11.5 Å². The van der Waals surface area contributed by atoms with Gasteiger partial charge in [-0.05, 0) is 43.7 Å². The molecule has 0 aromatic heterocycles. The number of hydrogen-bond acceptors (Lipinski definition) is 4. The van der Waals surface area contributed by atoms with Crippen molar-refractivity contribution in [2.45, 2.75) is 12.8 Å². The Morgan fingerprint density at radius 2 is 2.05 bits per heavy atom. The monoisotopic (exact) mass is 279 g/mol. The zero-order valence-electron chi connectivity index (χ0n) is 11.7. The van der Waals surface area contributed by atoms with Gasteiger partial charge in [-0.25, -0.2) is 0 Å². The zero-order chi connectivity index (χ0) is 14.4. The van der Waals surface area contributed by atoms with E-state index in [-0.39, 0.29) is 5.92 Å². The van der Waals surface area contributed by atoms with Crippen molar-refractivity contribution in [1.82, 2.24) is 4.90 Å². The molecule has 0 radical (unpaired) electrons. The van der Waals surface area contributed by atoms with Crippen molar-refractivity contribution in [3.63, 3.8) is 0 Å². The summed E-state index contributed by atoms with van der Waals surface area (Å²) in [5.41, 5.74) is 0. The minimum absolute atomic E-state index is 0.197. The molecule has 0 bridgehead atoms. The van der Waals surface area contributed by atoms with Crippen molar-refractivity contribution in [3.05, 3.63) is 24.3 Å². The predicted octanol–water partition coefficient (Wildman–Crippen LogP) is 1.87. The Morgan fingerprint density at radius 3 is 2.65 bits per heavy atom. The highest BCUT2D eigenvalue weighted by molar-refractivity contribution is 5.70. The average molecular weight is 279 g/mol. The summed E-state index contributed by atoms with van der Waals surface area (Å²) in [6, 6.07) is 7.50. The zero-order valence-corrected chi connectivity index (χ0v) is 11.7. The third kappa shape index (κ3) is 4.13. The van der Waals surface area contributed by atoms with Crippen LogP contribution in [0.4, 0.5) is 0 Å². The van der Waals surface area contributed by atoms with Gasteiger partial charge in [0, 0.05) is 13.1 Å². The van der Waals surface area contributed by atoms with E-state index in [1.165, 1.54) is 0 Å². The molecule has 1 saturated heterocycles. The first-order chi connectivity index (χ1) is 9.69. The van der Waals surface area contributed by atoms with Crippen LogP contribution >= 0.6 is 0 Å². The van der Waals surface area contributed by atoms with Crippen LogP contribution < -0.4 is 9.47 Å². The number of benzene rings is 1. The van der Waals surface area contributed by atoms with E-state index in [4.69, 9.17) is 14.6 Å². The number of carboxylic acids is 1. The van der Waals surface area contributed by atoms with Gasteiger partial charge in [-0.15, -0.1) is 0 Å². The first-order valence-corrected chi connectivity index (χ1v) is 6.91. The maximum Gasteiger partial charge on any atom is 0.307 e. The summed E-state index contributed by atoms with van der Waals surface area (Å²) >= 11 is 0. The Labute approximate surface area is 119 Å². The predicted molar refractivity (Wildman–Crippen MR) is 75.3 cm³/mol. The van der Waals surface area contributed by atoms with Gasteiger partial charge >= 0.3 is 5.97 Å². The Balaban J connectivity index is 1.63. The SMILES string of the molecule is COc1ccc(OCCCN2CCC(C(=O)O)C2)cc1. The highest BCUT2D eigenvalue weighted by Gasteiger charge is 2.27. The molecule has 1 aliphatic rings. The molecule has 0 spiro atoms. The molecule has 1 unspecified atom stereocenters. The van der Waals surface area contributed by atoms with Crippen LogP contribution in [0.15, 0.2) is 24.3 Å². The molecule has 110 valence electrons. The largest absolute Gasteiger partial charge is 0.497 e. The number of carbonyl (C=O) groups is 1. The van der Waals surface area contributed by atoms with E-state index in [1.807, 2.05) is 24.3 Å². The summed E-state index contributed by atoms with van der Waals surface area (Å²) in [7, 11) is 1.64. The fraction of sp³-hybridized carbons (Fsp3) is 0.533. The second-order valence-corrected chi connectivity index (χ2v) is 5.00. The molecular formula is C15H21NO4. The summed E-state index contributed by atoms with van der Waals surface area (Å²) in [6.07, 6.45) is 1.66. The van der Waals surface area contributed by atoms with Crippen molar-refractivity contribution >= 4 is 5.97 Å². The van der Waals surface area contributed by atoms with Crippen LogP contribution in [0.25, 0.3) is 0 Å². The Hall–Kier alpha value is -1.75. The van der Waals surface area contributed by atoms with Crippen LogP contribution in [-0.2, 0) is 4.79 Å². The van der Waals surface area contributed by atoms with Gasteiger partial charge in [0.2, 0.25) is 0 Å². The summed E-state index contributed by atoms with van der Waals surface area (Å²) in [6.45, 7) is 3.07. The maximum atomic E-state index is 10.9. The van der Waals surface area contributed by atoms with E-state index in [2.05, 4.69) is 4.90 Å². The van der Waals surface area contributed by atoms with Crippen LogP contribution in [0.1, 0.15) is 12.8 Å². The summed E-state index contributed by atoms with van der Waals surface area (Å²) in [5.74, 6) is 0.768. The molecule has 1 atom stereocenters. The maximum absolute atomic E-state index is 10.9. The lowest BCUT2D eigenvalue weighted by Crippen LogP contribution is -2.25. The van der Waals surface area contributed by atoms with Gasteiger partial charge in [-0.3, -0.25) is 4.79 Å². The van der Waals surface area contributed by atoms with Gasteiger partial charge < -0.3 is 19.5 Å². The molecule has 1 aromatic carbocycles. The standard InChI is InChI=1S/C15H21NO4/c1-19-13-3-5-14(6-4-13)20-10-2-8-16-9-7-12(11-16)15(17)18/h3-6,12H,2,7-11H2,1H3,(H,17,18). The molecule has 0 amide bonds. The molecule has 1 fully saturated rings. The van der Waals surface area contributed by atoms with Crippen molar-refractivity contribution < 1.29 is 19.4 Å². The van der Waals surface area contributed by atoms with Gasteiger partial charge in [0.15, 0.2) is 0 Å². The molecule has 1 aromatic rings. The van der Waals surface area contributed by atoms with E-state index in [0.29, 0.717) is 13.2 Å². The highest BCUT2D eigenvalue weighted by atomic mass is 16.5. The van der Waals surface area contributed by atoms with E-state index in [1.54, 1.807) is 7.11 Å². The molecule has 0 saturated carbocycles. The number of nitrogens with zero attached hydrogens (tertiary/aromatic N) is 1. The molecule has 20 heavy (non-hydrogen) atoms. The summed E-state index contributed by atoms with van der Waals surface area (Å²) in [5, 5.41) is 8.93. The fourth-order valence-electron chi connectivity index (χ4n) is 2.39. The smallest absolute Gasteiger partial charge is 0.307 e. The van der Waals surface area contributed by atoms with E-state index in [0.717, 1.165) is 37.4 Å². The van der Waals surface area contributed by atoms with Gasteiger partial charge in [0.1, 0.15) is 11.5 Å². The Morgan fingerprint density at radius 1 is 1.35 bits per heavy atom. The minimum Gasteiger partial charge on any atom is -0.497 e.